The van der Waals surface area contributed by atoms with Gasteiger partial charge in [0.15, 0.2) is 16.4 Å². The average molecular weight is 637 g/mol. The highest BCUT2D eigenvalue weighted by molar-refractivity contribution is 8.00. The first-order chi connectivity index (χ1) is 21.2. The van der Waals surface area contributed by atoms with E-state index in [4.69, 9.17) is 14.5 Å². The van der Waals surface area contributed by atoms with Crippen molar-refractivity contribution < 1.29 is 24.5 Å². The van der Waals surface area contributed by atoms with Gasteiger partial charge in [-0.25, -0.2) is 4.98 Å². The van der Waals surface area contributed by atoms with Gasteiger partial charge in [0.25, 0.3) is 0 Å². The van der Waals surface area contributed by atoms with Gasteiger partial charge in [0.2, 0.25) is 0 Å². The number of rotatable bonds is 8. The van der Waals surface area contributed by atoms with E-state index in [9.17, 15) is 15.0 Å². The number of ether oxygens (including phenoxy) is 2. The van der Waals surface area contributed by atoms with E-state index in [1.54, 1.807) is 23.1 Å². The van der Waals surface area contributed by atoms with Crippen LogP contribution in [0.2, 0.25) is 0 Å². The number of carbonyl (C=O) groups excluding carboxylic acids is 1. The van der Waals surface area contributed by atoms with Gasteiger partial charge in [-0.15, -0.1) is 16.4 Å². The molecule has 2 spiro atoms. The molecular formula is C33H40N4O5S2. The van der Waals surface area contributed by atoms with Crippen LogP contribution in [0, 0.1) is 34.0 Å². The van der Waals surface area contributed by atoms with Gasteiger partial charge in [-0.05, 0) is 61.1 Å². The van der Waals surface area contributed by atoms with Gasteiger partial charge in [0, 0.05) is 35.7 Å². The molecule has 3 aromatic rings. The maximum absolute atomic E-state index is 13.9. The molecular weight excluding hydrogens is 597 g/mol. The molecule has 9 rings (SSSR count). The molecule has 0 amide bonds. The Balaban J connectivity index is 0.959. The van der Waals surface area contributed by atoms with Crippen LogP contribution in [0.4, 0.5) is 0 Å². The van der Waals surface area contributed by atoms with E-state index < -0.39 is 47.3 Å². The molecule has 4 aliphatic carbocycles. The van der Waals surface area contributed by atoms with Crippen LogP contribution in [0.25, 0.3) is 10.2 Å². The highest BCUT2D eigenvalue weighted by atomic mass is 32.2. The third kappa shape index (κ3) is 4.05. The fourth-order valence-electron chi connectivity index (χ4n) is 10.0. The molecule has 1 aromatic carbocycles. The Kier molecular flexibility index (Phi) is 6.94. The van der Waals surface area contributed by atoms with E-state index in [0.29, 0.717) is 37.3 Å². The number of nitrogens with zero attached hydrogens (tertiary/aromatic N) is 4. The highest BCUT2D eigenvalue weighted by Crippen LogP contribution is 2.75. The van der Waals surface area contributed by atoms with Crippen LogP contribution < -0.4 is 0 Å². The quantitative estimate of drug-likeness (QED) is 0.200. The van der Waals surface area contributed by atoms with Gasteiger partial charge >= 0.3 is 0 Å². The zero-order valence-corrected chi connectivity index (χ0v) is 26.9. The van der Waals surface area contributed by atoms with E-state index in [2.05, 4.69) is 36.8 Å². The minimum Gasteiger partial charge on any atom is -0.393 e. The lowest BCUT2D eigenvalue weighted by atomic mass is 9.37. The summed E-state index contributed by atoms with van der Waals surface area (Å²) in [7, 11) is 0. The largest absolute Gasteiger partial charge is 0.393 e. The number of hydrogen-bond donors (Lipinski definition) is 2. The molecule has 2 N–H and O–H groups in total. The van der Waals surface area contributed by atoms with Crippen molar-refractivity contribution in [3.63, 3.8) is 0 Å². The minimum absolute atomic E-state index is 0.0180. The number of Topliss-reactive ketones (excluding diaryl/α,β-unsaturated/α-hetero) is 1. The summed E-state index contributed by atoms with van der Waals surface area (Å²) < 4.78 is 17.4. The smallest absolute Gasteiger partial charge is 0.170 e. The Morgan fingerprint density at radius 3 is 2.91 bits per heavy atom. The summed E-state index contributed by atoms with van der Waals surface area (Å²) in [5, 5.41) is 32.0. The van der Waals surface area contributed by atoms with Crippen molar-refractivity contribution in [1.29, 1.82) is 0 Å². The predicted molar refractivity (Wildman–Crippen MR) is 167 cm³/mol. The number of hydrogen-bond acceptors (Lipinski definition) is 10. The third-order valence-electron chi connectivity index (χ3n) is 11.7. The number of fused-ring (bicyclic) bond motifs is 3. The predicted octanol–water partition coefficient (Wildman–Crippen LogP) is 5.01. The lowest BCUT2D eigenvalue weighted by molar-refractivity contribution is -0.402. The Labute approximate surface area is 265 Å². The highest BCUT2D eigenvalue weighted by Gasteiger charge is 2.81. The maximum atomic E-state index is 13.9. The normalized spacial score (nSPS) is 38.7. The van der Waals surface area contributed by atoms with Gasteiger partial charge in [0.1, 0.15) is 0 Å². The molecule has 0 radical (unpaired) electrons. The zero-order chi connectivity index (χ0) is 30.4. The fourth-order valence-corrected chi connectivity index (χ4v) is 12.0. The summed E-state index contributed by atoms with van der Waals surface area (Å²) in [5.41, 5.74) is 0.746. The molecule has 234 valence electrons. The molecule has 0 unspecified atom stereocenters. The number of aliphatic hydroxyl groups is 2. The van der Waals surface area contributed by atoms with Gasteiger partial charge in [-0.2, -0.15) is 0 Å². The standard InChI is InChI=1S/C33H40N4O5S2/c1-18-20-14-22(38)26-32-11-6-10-31(2,3)24(32)15-25(33(26,27(18)39)28(20)40)42-29(32)41-13-7-12-37-16-19(35-36-37)17-43-30-34-21-8-4-5-9-23(21)44-30/h4-5,8-9,16,20,22,24-26,28-29,38,40H,1,6-7,10-15,17H2,2-3H3/t20-,22-,24+,25+,26-,28+,29-,32-,33+/m0/s1. The lowest BCUT2D eigenvalue weighted by Crippen LogP contribution is -2.78. The van der Waals surface area contributed by atoms with Crippen molar-refractivity contribution in [3.8, 4) is 0 Å². The van der Waals surface area contributed by atoms with Gasteiger partial charge in [0.05, 0.1) is 46.2 Å². The number of para-hydroxylation sites is 1. The molecule has 9 nitrogen and oxygen atoms in total. The van der Waals surface area contributed by atoms with E-state index in [-0.39, 0.29) is 17.1 Å². The van der Waals surface area contributed by atoms with Gasteiger partial charge in [-0.3, -0.25) is 9.48 Å². The molecule has 4 saturated carbocycles. The van der Waals surface area contributed by atoms with Crippen LogP contribution in [-0.2, 0) is 26.6 Å². The van der Waals surface area contributed by atoms with Crippen molar-refractivity contribution in [2.45, 2.75) is 93.6 Å². The number of thioether (sulfide) groups is 1. The second-order valence-electron chi connectivity index (χ2n) is 14.3. The van der Waals surface area contributed by atoms with Crippen molar-refractivity contribution >= 4 is 39.1 Å². The van der Waals surface area contributed by atoms with Crippen LogP contribution in [-0.4, -0.2) is 67.2 Å². The molecule has 9 atom stereocenters. The van der Waals surface area contributed by atoms with Crippen LogP contribution >= 0.6 is 23.1 Å². The Morgan fingerprint density at radius 2 is 2.07 bits per heavy atom. The van der Waals surface area contributed by atoms with Crippen LogP contribution in [0.1, 0.15) is 58.1 Å². The van der Waals surface area contributed by atoms with E-state index in [1.165, 1.54) is 4.70 Å². The topological polar surface area (TPSA) is 120 Å². The summed E-state index contributed by atoms with van der Waals surface area (Å²) in [6.07, 6.45) is 4.08. The van der Waals surface area contributed by atoms with Crippen molar-refractivity contribution in [2.75, 3.05) is 6.61 Å². The first-order valence-corrected chi connectivity index (χ1v) is 17.7. The second-order valence-corrected chi connectivity index (χ2v) is 16.5. The molecule has 6 aliphatic rings. The van der Waals surface area contributed by atoms with Crippen LogP contribution in [0.5, 0.6) is 0 Å². The van der Waals surface area contributed by atoms with Crippen LogP contribution in [0.3, 0.4) is 0 Å². The summed E-state index contributed by atoms with van der Waals surface area (Å²) in [4.78, 5) is 18.6. The van der Waals surface area contributed by atoms with Crippen molar-refractivity contribution in [3.05, 3.63) is 48.3 Å². The molecule has 44 heavy (non-hydrogen) atoms. The molecule has 4 heterocycles. The number of benzene rings is 1. The van der Waals surface area contributed by atoms with Gasteiger partial charge < -0.3 is 19.7 Å². The molecule has 4 bridgehead atoms. The molecule has 2 saturated heterocycles. The number of thiazole rings is 1. The summed E-state index contributed by atoms with van der Waals surface area (Å²) in [5.74, 6) is 0.0467. The number of aromatic nitrogens is 4. The summed E-state index contributed by atoms with van der Waals surface area (Å²) in [6, 6.07) is 8.16. The molecule has 2 aliphatic heterocycles. The monoisotopic (exact) mass is 636 g/mol. The Morgan fingerprint density at radius 1 is 1.23 bits per heavy atom. The summed E-state index contributed by atoms with van der Waals surface area (Å²) in [6.45, 7) is 9.82. The fraction of sp³-hybridized carbons (Fsp3) is 0.636. The molecule has 11 heteroatoms. The molecule has 2 aromatic heterocycles. The van der Waals surface area contributed by atoms with Crippen LogP contribution in [0.15, 0.2) is 47.0 Å². The number of aliphatic hydroxyl groups excluding tert-OH is 2. The summed E-state index contributed by atoms with van der Waals surface area (Å²) >= 11 is 3.37. The van der Waals surface area contributed by atoms with E-state index in [1.807, 2.05) is 29.1 Å². The molecule has 6 fully saturated rings. The Bertz CT molecular complexity index is 1590. The van der Waals surface area contributed by atoms with E-state index in [0.717, 1.165) is 41.2 Å². The van der Waals surface area contributed by atoms with Crippen molar-refractivity contribution in [1.82, 2.24) is 20.0 Å². The average Bonchev–Trinajstić information content (AvgIpc) is 3.67. The second kappa shape index (κ2) is 10.4. The number of carbonyl (C=O) groups is 1. The minimum atomic E-state index is -1.12. The third-order valence-corrected chi connectivity index (χ3v) is 13.9. The van der Waals surface area contributed by atoms with Crippen molar-refractivity contribution in [2.24, 2.45) is 34.0 Å². The first kappa shape index (κ1) is 29.3. The lowest BCUT2D eigenvalue weighted by Gasteiger charge is -2.72. The first-order valence-electron chi connectivity index (χ1n) is 15.9. The number of aryl methyl sites for hydroxylation is 1. The maximum Gasteiger partial charge on any atom is 0.170 e. The SMILES string of the molecule is C=C1C(=O)[C@]23[C@H](O)[C@H]1C[C@H](O)[C@H]2[C@]12CCCC(C)(C)[C@H]1C[C@H]3O[C@@H]2OCCCn1cc(CSc2nc3ccccc3s2)nn1. The van der Waals surface area contributed by atoms with E-state index >= 15 is 0 Å². The Hall–Kier alpha value is -2.15. The number of ketones is 1. The zero-order valence-electron chi connectivity index (χ0n) is 25.2. The van der Waals surface area contributed by atoms with Gasteiger partial charge in [-0.1, -0.05) is 56.0 Å².